The monoisotopic (exact) mass is 394 g/mol. The van der Waals surface area contributed by atoms with Gasteiger partial charge in [-0.25, -0.2) is 4.79 Å². The highest BCUT2D eigenvalue weighted by atomic mass is 16.2. The maximum Gasteiger partial charge on any atom is 0.321 e. The van der Waals surface area contributed by atoms with E-state index in [2.05, 4.69) is 16.0 Å². The molecule has 2 aromatic carbocycles. The fraction of sp³-hybridized carbons (Fsp3) is 0.318. The fourth-order valence-corrected chi connectivity index (χ4v) is 3.15. The average Bonchev–Trinajstić information content (AvgIpc) is 3.28. The van der Waals surface area contributed by atoms with Gasteiger partial charge >= 0.3 is 6.03 Å². The minimum Gasteiger partial charge on any atom is -0.352 e. The highest BCUT2D eigenvalue weighted by Gasteiger charge is 2.17. The van der Waals surface area contributed by atoms with Crippen LogP contribution in [-0.4, -0.2) is 42.4 Å². The minimum absolute atomic E-state index is 0.0853. The number of hydrogen-bond donors (Lipinski definition) is 3. The zero-order chi connectivity index (χ0) is 20.5. The van der Waals surface area contributed by atoms with Crippen molar-refractivity contribution in [2.45, 2.75) is 25.8 Å². The lowest BCUT2D eigenvalue weighted by Crippen LogP contribution is -2.32. The Bertz CT molecular complexity index is 848. The summed E-state index contributed by atoms with van der Waals surface area (Å²) in [6.45, 7) is 2.22. The number of benzene rings is 2. The summed E-state index contributed by atoms with van der Waals surface area (Å²) in [5.74, 6) is -0.343. The Morgan fingerprint density at radius 2 is 1.66 bits per heavy atom. The summed E-state index contributed by atoms with van der Waals surface area (Å²) < 4.78 is 0. The number of likely N-dealkylation sites (tertiary alicyclic amines) is 1. The van der Waals surface area contributed by atoms with E-state index in [0.717, 1.165) is 31.5 Å². The van der Waals surface area contributed by atoms with Gasteiger partial charge in [-0.3, -0.25) is 9.59 Å². The van der Waals surface area contributed by atoms with E-state index < -0.39 is 0 Å². The maximum atomic E-state index is 12.2. The Kier molecular flexibility index (Phi) is 7.22. The van der Waals surface area contributed by atoms with Crippen molar-refractivity contribution in [2.24, 2.45) is 0 Å². The van der Waals surface area contributed by atoms with Crippen molar-refractivity contribution in [1.29, 1.82) is 0 Å². The molecule has 3 rings (SSSR count). The van der Waals surface area contributed by atoms with E-state index in [4.69, 9.17) is 0 Å². The van der Waals surface area contributed by atoms with Crippen LogP contribution in [0.3, 0.4) is 0 Å². The number of rotatable bonds is 7. The van der Waals surface area contributed by atoms with Gasteiger partial charge < -0.3 is 20.9 Å². The van der Waals surface area contributed by atoms with Crippen LogP contribution in [0.25, 0.3) is 0 Å². The third-order valence-electron chi connectivity index (χ3n) is 4.73. The molecule has 0 saturated carbocycles. The van der Waals surface area contributed by atoms with Gasteiger partial charge in [0, 0.05) is 43.9 Å². The third-order valence-corrected chi connectivity index (χ3v) is 4.73. The normalized spacial score (nSPS) is 13.0. The van der Waals surface area contributed by atoms with E-state index in [-0.39, 0.29) is 30.8 Å². The summed E-state index contributed by atoms with van der Waals surface area (Å²) >= 11 is 0. The molecule has 0 unspecified atom stereocenters. The summed E-state index contributed by atoms with van der Waals surface area (Å²) in [7, 11) is 0. The molecular formula is C22H26N4O3. The number of carbonyl (C=O) groups excluding carboxylic acids is 3. The van der Waals surface area contributed by atoms with Gasteiger partial charge in [-0.2, -0.15) is 0 Å². The van der Waals surface area contributed by atoms with E-state index >= 15 is 0 Å². The van der Waals surface area contributed by atoms with E-state index in [1.165, 1.54) is 0 Å². The molecule has 4 amide bonds. The molecule has 152 valence electrons. The zero-order valence-corrected chi connectivity index (χ0v) is 16.3. The van der Waals surface area contributed by atoms with Crippen LogP contribution < -0.4 is 16.0 Å². The van der Waals surface area contributed by atoms with Crippen molar-refractivity contribution in [1.82, 2.24) is 15.5 Å². The second kappa shape index (κ2) is 10.3. The average molecular weight is 394 g/mol. The highest BCUT2D eigenvalue weighted by molar-refractivity contribution is 5.94. The van der Waals surface area contributed by atoms with Crippen molar-refractivity contribution in [3.05, 3.63) is 65.7 Å². The molecule has 29 heavy (non-hydrogen) atoms. The number of urea groups is 1. The first kappa shape index (κ1) is 20.4. The first-order valence-electron chi connectivity index (χ1n) is 9.86. The van der Waals surface area contributed by atoms with Gasteiger partial charge in [0.2, 0.25) is 5.91 Å². The van der Waals surface area contributed by atoms with E-state index in [1.807, 2.05) is 30.3 Å². The molecule has 0 radical (unpaired) electrons. The molecule has 0 aliphatic carbocycles. The molecule has 2 aromatic rings. The predicted molar refractivity (Wildman–Crippen MR) is 112 cm³/mol. The molecule has 1 heterocycles. The Labute approximate surface area is 170 Å². The Balaban J connectivity index is 1.39. The van der Waals surface area contributed by atoms with Crippen molar-refractivity contribution in [2.75, 3.05) is 25.0 Å². The molecule has 0 spiro atoms. The van der Waals surface area contributed by atoms with Crippen LogP contribution in [0.5, 0.6) is 0 Å². The lowest BCUT2D eigenvalue weighted by Gasteiger charge is -2.16. The lowest BCUT2D eigenvalue weighted by atomic mass is 10.2. The van der Waals surface area contributed by atoms with Crippen LogP contribution in [0.2, 0.25) is 0 Å². The fourth-order valence-electron chi connectivity index (χ4n) is 3.15. The SMILES string of the molecule is O=C(CCNC(=O)c1ccccc1)NCc1cccc(NC(=O)N2CCCC2)c1. The Morgan fingerprint density at radius 3 is 2.41 bits per heavy atom. The lowest BCUT2D eigenvalue weighted by molar-refractivity contribution is -0.121. The summed E-state index contributed by atoms with van der Waals surface area (Å²) in [4.78, 5) is 38.0. The van der Waals surface area contributed by atoms with Gasteiger partial charge in [0.1, 0.15) is 0 Å². The van der Waals surface area contributed by atoms with E-state index in [0.29, 0.717) is 17.8 Å². The number of nitrogens with one attached hydrogen (secondary N) is 3. The van der Waals surface area contributed by atoms with Gasteiger partial charge in [0.15, 0.2) is 0 Å². The van der Waals surface area contributed by atoms with Crippen LogP contribution in [0.15, 0.2) is 54.6 Å². The molecule has 1 aliphatic heterocycles. The summed E-state index contributed by atoms with van der Waals surface area (Å²) in [6, 6.07) is 16.2. The van der Waals surface area contributed by atoms with Gasteiger partial charge in [-0.1, -0.05) is 30.3 Å². The number of anilines is 1. The minimum atomic E-state index is -0.195. The molecular weight excluding hydrogens is 368 g/mol. The quantitative estimate of drug-likeness (QED) is 0.674. The standard InChI is InChI=1S/C22H26N4O3/c27-20(11-12-23-21(28)18-8-2-1-3-9-18)24-16-17-7-6-10-19(15-17)25-22(29)26-13-4-5-14-26/h1-3,6-10,15H,4-5,11-14,16H2,(H,23,28)(H,24,27)(H,25,29). The topological polar surface area (TPSA) is 90.5 Å². The van der Waals surface area contributed by atoms with Crippen LogP contribution in [-0.2, 0) is 11.3 Å². The molecule has 7 nitrogen and oxygen atoms in total. The number of amides is 4. The Hall–Kier alpha value is -3.35. The van der Waals surface area contributed by atoms with Crippen LogP contribution in [0, 0.1) is 0 Å². The van der Waals surface area contributed by atoms with Gasteiger partial charge in [0.05, 0.1) is 0 Å². The summed E-state index contributed by atoms with van der Waals surface area (Å²) in [5, 5.41) is 8.47. The second-order valence-corrected chi connectivity index (χ2v) is 6.97. The predicted octanol–water partition coefficient (Wildman–Crippen LogP) is 2.75. The molecule has 0 aromatic heterocycles. The van der Waals surface area contributed by atoms with Crippen molar-refractivity contribution >= 4 is 23.5 Å². The van der Waals surface area contributed by atoms with Crippen LogP contribution in [0.1, 0.15) is 35.2 Å². The maximum absolute atomic E-state index is 12.2. The molecule has 1 aliphatic rings. The van der Waals surface area contributed by atoms with Crippen LogP contribution >= 0.6 is 0 Å². The van der Waals surface area contributed by atoms with Crippen LogP contribution in [0.4, 0.5) is 10.5 Å². The summed E-state index contributed by atoms with van der Waals surface area (Å²) in [5.41, 5.74) is 2.18. The smallest absolute Gasteiger partial charge is 0.321 e. The number of carbonyl (C=O) groups is 3. The summed E-state index contributed by atoms with van der Waals surface area (Å²) in [6.07, 6.45) is 2.29. The number of hydrogen-bond acceptors (Lipinski definition) is 3. The van der Waals surface area contributed by atoms with E-state index in [1.54, 1.807) is 29.2 Å². The van der Waals surface area contributed by atoms with Crippen molar-refractivity contribution < 1.29 is 14.4 Å². The highest BCUT2D eigenvalue weighted by Crippen LogP contribution is 2.14. The second-order valence-electron chi connectivity index (χ2n) is 6.97. The first-order valence-corrected chi connectivity index (χ1v) is 9.86. The van der Waals surface area contributed by atoms with Crippen molar-refractivity contribution in [3.8, 4) is 0 Å². The molecule has 3 N–H and O–H groups in total. The van der Waals surface area contributed by atoms with Crippen molar-refractivity contribution in [3.63, 3.8) is 0 Å². The van der Waals surface area contributed by atoms with Gasteiger partial charge in [-0.05, 0) is 42.7 Å². The molecule has 0 bridgehead atoms. The molecule has 1 fully saturated rings. The molecule has 7 heteroatoms. The van der Waals surface area contributed by atoms with Gasteiger partial charge in [0.25, 0.3) is 5.91 Å². The number of nitrogens with zero attached hydrogens (tertiary/aromatic N) is 1. The largest absolute Gasteiger partial charge is 0.352 e. The van der Waals surface area contributed by atoms with Gasteiger partial charge in [-0.15, -0.1) is 0 Å². The first-order chi connectivity index (χ1) is 14.1. The molecule has 1 saturated heterocycles. The Morgan fingerprint density at radius 1 is 0.897 bits per heavy atom. The van der Waals surface area contributed by atoms with E-state index in [9.17, 15) is 14.4 Å². The molecule has 0 atom stereocenters. The zero-order valence-electron chi connectivity index (χ0n) is 16.3. The third kappa shape index (κ3) is 6.34.